The molecule has 0 heterocycles. The van der Waals surface area contributed by atoms with Gasteiger partial charge >= 0.3 is 0 Å². The first-order valence-corrected chi connectivity index (χ1v) is 10.4. The Kier molecular flexibility index (Phi) is 7.53. The third-order valence-electron chi connectivity index (χ3n) is 4.05. The quantitative estimate of drug-likeness (QED) is 0.295. The molecule has 0 spiro atoms. The van der Waals surface area contributed by atoms with E-state index in [1.54, 1.807) is 24.3 Å². The summed E-state index contributed by atoms with van der Waals surface area (Å²) in [5.41, 5.74) is 1.81. The molecule has 0 aliphatic rings. The molecule has 0 radical (unpaired) electrons. The molecule has 4 nitrogen and oxygen atoms in total. The topological polar surface area (TPSA) is 62.1 Å². The van der Waals surface area contributed by atoms with Crippen molar-refractivity contribution in [3.8, 4) is 11.8 Å². The molecule has 30 heavy (non-hydrogen) atoms. The van der Waals surface area contributed by atoms with E-state index in [9.17, 15) is 10.1 Å². The fourth-order valence-electron chi connectivity index (χ4n) is 2.59. The van der Waals surface area contributed by atoms with Crippen LogP contribution in [0.15, 0.2) is 76.8 Å². The maximum absolute atomic E-state index is 12.6. The number of ether oxygens (including phenoxy) is 1. The van der Waals surface area contributed by atoms with Crippen LogP contribution in [0.25, 0.3) is 6.08 Å². The first-order chi connectivity index (χ1) is 14.5. The number of halogens is 3. The Morgan fingerprint density at radius 1 is 1.10 bits per heavy atom. The van der Waals surface area contributed by atoms with Gasteiger partial charge in [-0.3, -0.25) is 4.79 Å². The average Bonchev–Trinajstić information content (AvgIpc) is 2.74. The average molecular weight is 502 g/mol. The van der Waals surface area contributed by atoms with Gasteiger partial charge in [0.15, 0.2) is 0 Å². The van der Waals surface area contributed by atoms with E-state index in [1.807, 2.05) is 42.5 Å². The van der Waals surface area contributed by atoms with E-state index in [1.165, 1.54) is 12.1 Å². The van der Waals surface area contributed by atoms with Crippen molar-refractivity contribution >= 4 is 56.8 Å². The largest absolute Gasteiger partial charge is 0.488 e. The molecule has 0 bridgehead atoms. The van der Waals surface area contributed by atoms with Gasteiger partial charge in [0.05, 0.1) is 10.7 Å². The lowest BCUT2D eigenvalue weighted by Gasteiger charge is -2.11. The zero-order chi connectivity index (χ0) is 21.5. The van der Waals surface area contributed by atoms with E-state index in [2.05, 4.69) is 21.2 Å². The van der Waals surface area contributed by atoms with Gasteiger partial charge in [-0.15, -0.1) is 0 Å². The van der Waals surface area contributed by atoms with Crippen LogP contribution in [0.5, 0.6) is 5.75 Å². The molecule has 7 heteroatoms. The fourth-order valence-corrected chi connectivity index (χ4v) is 3.30. The summed E-state index contributed by atoms with van der Waals surface area (Å²) in [6.45, 7) is 0.357. The van der Waals surface area contributed by atoms with Crippen molar-refractivity contribution in [2.45, 2.75) is 6.61 Å². The van der Waals surface area contributed by atoms with Gasteiger partial charge in [0.2, 0.25) is 0 Å². The molecule has 3 rings (SSSR count). The number of hydrogen-bond donors (Lipinski definition) is 1. The Morgan fingerprint density at radius 3 is 2.60 bits per heavy atom. The van der Waals surface area contributed by atoms with Gasteiger partial charge in [-0.1, -0.05) is 69.5 Å². The Bertz CT molecular complexity index is 1140. The highest BCUT2D eigenvalue weighted by Gasteiger charge is 2.14. The third-order valence-corrected chi connectivity index (χ3v) is 5.11. The highest BCUT2D eigenvalue weighted by atomic mass is 79.9. The molecule has 0 saturated carbocycles. The summed E-state index contributed by atoms with van der Waals surface area (Å²) in [4.78, 5) is 12.6. The molecule has 0 atom stereocenters. The summed E-state index contributed by atoms with van der Waals surface area (Å²) in [5, 5.41) is 12.9. The maximum atomic E-state index is 12.6. The molecule has 3 aromatic rings. The second kappa shape index (κ2) is 10.3. The molecular formula is C23H15BrCl2N2O2. The zero-order valence-corrected chi connectivity index (χ0v) is 18.6. The predicted molar refractivity (Wildman–Crippen MR) is 124 cm³/mol. The van der Waals surface area contributed by atoms with Crippen LogP contribution in [0, 0.1) is 11.3 Å². The van der Waals surface area contributed by atoms with E-state index in [0.717, 1.165) is 10.0 Å². The van der Waals surface area contributed by atoms with Crippen molar-refractivity contribution in [1.82, 2.24) is 0 Å². The highest BCUT2D eigenvalue weighted by Crippen LogP contribution is 2.28. The number of benzene rings is 3. The van der Waals surface area contributed by atoms with E-state index >= 15 is 0 Å². The number of carbonyl (C=O) groups excluding carboxylic acids is 1. The first-order valence-electron chi connectivity index (χ1n) is 8.81. The molecule has 150 valence electrons. The summed E-state index contributed by atoms with van der Waals surface area (Å²) in [5.74, 6) is -0.0564. The van der Waals surface area contributed by atoms with Gasteiger partial charge in [-0.2, -0.15) is 5.26 Å². The SMILES string of the molecule is N#C/C(=C/c1cc(Br)ccc1OCc1ccccc1)C(=O)Nc1cc(Cl)ccc1Cl. The number of nitrogens with one attached hydrogen (secondary N) is 1. The monoisotopic (exact) mass is 500 g/mol. The van der Waals surface area contributed by atoms with Crippen LogP contribution in [-0.4, -0.2) is 5.91 Å². The summed E-state index contributed by atoms with van der Waals surface area (Å²) in [6, 6.07) is 21.7. The number of hydrogen-bond acceptors (Lipinski definition) is 3. The third kappa shape index (κ3) is 5.87. The van der Waals surface area contributed by atoms with E-state index in [-0.39, 0.29) is 5.57 Å². The lowest BCUT2D eigenvalue weighted by atomic mass is 10.1. The zero-order valence-electron chi connectivity index (χ0n) is 15.5. The number of amides is 1. The minimum atomic E-state index is -0.601. The molecule has 0 unspecified atom stereocenters. The summed E-state index contributed by atoms with van der Waals surface area (Å²) in [7, 11) is 0. The molecule has 0 fully saturated rings. The van der Waals surface area contributed by atoms with Crippen LogP contribution in [0.2, 0.25) is 10.0 Å². The fraction of sp³-hybridized carbons (Fsp3) is 0.0435. The van der Waals surface area contributed by atoms with Crippen LogP contribution in [0.1, 0.15) is 11.1 Å². The van der Waals surface area contributed by atoms with Crippen LogP contribution in [0.3, 0.4) is 0 Å². The van der Waals surface area contributed by atoms with Crippen molar-refractivity contribution in [3.05, 3.63) is 97.9 Å². The smallest absolute Gasteiger partial charge is 0.266 e. The number of carbonyl (C=O) groups is 1. The van der Waals surface area contributed by atoms with Gasteiger partial charge in [0.1, 0.15) is 24.0 Å². The van der Waals surface area contributed by atoms with Crippen LogP contribution in [0.4, 0.5) is 5.69 Å². The molecule has 0 aliphatic carbocycles. The van der Waals surface area contributed by atoms with E-state index in [0.29, 0.717) is 33.7 Å². The second-order valence-corrected chi connectivity index (χ2v) is 7.96. The Hall–Kier alpha value is -2.78. The van der Waals surface area contributed by atoms with Gasteiger partial charge in [-0.25, -0.2) is 0 Å². The Morgan fingerprint density at radius 2 is 1.87 bits per heavy atom. The lowest BCUT2D eigenvalue weighted by Crippen LogP contribution is -2.13. The van der Waals surface area contributed by atoms with Crippen molar-refractivity contribution in [2.24, 2.45) is 0 Å². The molecule has 3 aromatic carbocycles. The summed E-state index contributed by atoms with van der Waals surface area (Å²) < 4.78 is 6.70. The number of anilines is 1. The maximum Gasteiger partial charge on any atom is 0.266 e. The van der Waals surface area contributed by atoms with Gasteiger partial charge < -0.3 is 10.1 Å². The van der Waals surface area contributed by atoms with Crippen molar-refractivity contribution in [2.75, 3.05) is 5.32 Å². The highest BCUT2D eigenvalue weighted by molar-refractivity contribution is 9.10. The molecule has 1 amide bonds. The van der Waals surface area contributed by atoms with E-state index in [4.69, 9.17) is 27.9 Å². The normalized spacial score (nSPS) is 10.9. The minimum Gasteiger partial charge on any atom is -0.488 e. The predicted octanol–water partition coefficient (Wildman–Crippen LogP) is 6.88. The Labute approximate surface area is 192 Å². The number of nitrogens with zero attached hydrogens (tertiary/aromatic N) is 1. The molecular weight excluding hydrogens is 487 g/mol. The lowest BCUT2D eigenvalue weighted by molar-refractivity contribution is -0.112. The number of rotatable bonds is 6. The van der Waals surface area contributed by atoms with Gasteiger partial charge in [-0.05, 0) is 48.0 Å². The van der Waals surface area contributed by atoms with E-state index < -0.39 is 5.91 Å². The Balaban J connectivity index is 1.85. The molecule has 0 aliphatic heterocycles. The first kappa shape index (κ1) is 21.9. The van der Waals surface area contributed by atoms with Gasteiger partial charge in [0.25, 0.3) is 5.91 Å². The molecule has 0 aromatic heterocycles. The minimum absolute atomic E-state index is 0.103. The second-order valence-electron chi connectivity index (χ2n) is 6.20. The van der Waals surface area contributed by atoms with Crippen LogP contribution >= 0.6 is 39.1 Å². The number of nitriles is 1. The van der Waals surface area contributed by atoms with Crippen LogP contribution < -0.4 is 10.1 Å². The van der Waals surface area contributed by atoms with Gasteiger partial charge in [0, 0.05) is 15.1 Å². The summed E-state index contributed by atoms with van der Waals surface area (Å²) >= 11 is 15.5. The standard InChI is InChI=1S/C23H15BrCl2N2O2/c24-18-6-9-22(30-14-15-4-2-1-3-5-15)16(11-18)10-17(13-27)23(29)28-21-12-19(25)7-8-20(21)26/h1-12H,14H2,(H,28,29)/b17-10-. The molecule has 1 N–H and O–H groups in total. The van der Waals surface area contributed by atoms with Crippen LogP contribution in [-0.2, 0) is 11.4 Å². The van der Waals surface area contributed by atoms with Crippen molar-refractivity contribution in [3.63, 3.8) is 0 Å². The van der Waals surface area contributed by atoms with Crippen molar-refractivity contribution in [1.29, 1.82) is 5.26 Å². The van der Waals surface area contributed by atoms with Crippen molar-refractivity contribution < 1.29 is 9.53 Å². The molecule has 0 saturated heterocycles. The summed E-state index contributed by atoms with van der Waals surface area (Å²) in [6.07, 6.45) is 1.47.